The number of benzene rings is 1. The molecule has 0 spiro atoms. The van der Waals surface area contributed by atoms with Gasteiger partial charge in [-0.15, -0.1) is 0 Å². The second kappa shape index (κ2) is 8.30. The van der Waals surface area contributed by atoms with E-state index < -0.39 is 32.4 Å². The van der Waals surface area contributed by atoms with Crippen molar-refractivity contribution in [2.75, 3.05) is 7.11 Å². The molecule has 4 nitrogen and oxygen atoms in total. The summed E-state index contributed by atoms with van der Waals surface area (Å²) in [5.41, 5.74) is 1.14. The summed E-state index contributed by atoms with van der Waals surface area (Å²) in [6.45, 7) is 16.3. The molecule has 0 aliphatic carbocycles. The number of aliphatic hydroxyl groups excluding tert-OH is 1. The topological polar surface area (TPSA) is 55.8 Å². The largest absolute Gasteiger partial charge is 0.466 e. The molecule has 0 saturated carbocycles. The van der Waals surface area contributed by atoms with E-state index in [1.165, 1.54) is 7.11 Å². The van der Waals surface area contributed by atoms with Crippen LogP contribution >= 0.6 is 0 Å². The van der Waals surface area contributed by atoms with E-state index >= 15 is 0 Å². The fraction of sp³-hybridized carbons (Fsp3) is 0.550. The SMILES string of the molecule is C=C(C(=O)OC)[C@@H](C)[C@@H](O)[C@H](O[Si](C)(C)C(C)(C)C)c1ccccc1. The van der Waals surface area contributed by atoms with Gasteiger partial charge in [0.15, 0.2) is 8.32 Å². The van der Waals surface area contributed by atoms with Crippen molar-refractivity contribution >= 4 is 14.3 Å². The molecule has 0 unspecified atom stereocenters. The number of carbonyl (C=O) groups is 1. The Morgan fingerprint density at radius 3 is 2.16 bits per heavy atom. The number of esters is 1. The number of hydrogen-bond donors (Lipinski definition) is 1. The second-order valence-corrected chi connectivity index (χ2v) is 12.8. The van der Waals surface area contributed by atoms with E-state index in [4.69, 9.17) is 9.16 Å². The van der Waals surface area contributed by atoms with Crippen molar-refractivity contribution in [3.05, 3.63) is 48.0 Å². The van der Waals surface area contributed by atoms with Crippen molar-refractivity contribution in [1.82, 2.24) is 0 Å². The van der Waals surface area contributed by atoms with E-state index in [1.54, 1.807) is 6.92 Å². The van der Waals surface area contributed by atoms with Crippen molar-refractivity contribution in [2.24, 2.45) is 5.92 Å². The van der Waals surface area contributed by atoms with Crippen LogP contribution < -0.4 is 0 Å². The minimum absolute atomic E-state index is 0.00233. The molecule has 0 aromatic heterocycles. The lowest BCUT2D eigenvalue weighted by Gasteiger charge is -2.41. The fourth-order valence-electron chi connectivity index (χ4n) is 2.26. The standard InChI is InChI=1S/C20H32O4Si/c1-14(15(2)19(22)23-6)17(21)18(16-12-10-9-11-13-16)24-25(7,8)20(3,4)5/h9-14,17-18,21H,2H2,1,3-8H3/t14-,17-,18-/m1/s1. The highest BCUT2D eigenvalue weighted by molar-refractivity contribution is 6.74. The molecule has 1 aromatic carbocycles. The lowest BCUT2D eigenvalue weighted by atomic mass is 9.90. The minimum Gasteiger partial charge on any atom is -0.466 e. The summed E-state index contributed by atoms with van der Waals surface area (Å²) >= 11 is 0. The minimum atomic E-state index is -2.14. The highest BCUT2D eigenvalue weighted by atomic mass is 28.4. The molecule has 0 aliphatic rings. The summed E-state index contributed by atoms with van der Waals surface area (Å²) in [6, 6.07) is 9.65. The summed E-state index contributed by atoms with van der Waals surface area (Å²) in [5, 5.41) is 11.0. The first-order valence-electron chi connectivity index (χ1n) is 8.60. The zero-order valence-corrected chi connectivity index (χ0v) is 17.5. The quantitative estimate of drug-likeness (QED) is 0.440. The third-order valence-corrected chi connectivity index (χ3v) is 9.63. The van der Waals surface area contributed by atoms with Gasteiger partial charge in [-0.1, -0.05) is 64.6 Å². The fourth-order valence-corrected chi connectivity index (χ4v) is 3.52. The molecule has 0 heterocycles. The predicted octanol–water partition coefficient (Wildman–Crippen LogP) is 4.48. The van der Waals surface area contributed by atoms with Gasteiger partial charge < -0.3 is 14.3 Å². The van der Waals surface area contributed by atoms with Crippen molar-refractivity contribution < 1.29 is 19.1 Å². The van der Waals surface area contributed by atoms with E-state index in [2.05, 4.69) is 40.4 Å². The van der Waals surface area contributed by atoms with Crippen LogP contribution in [0.2, 0.25) is 18.1 Å². The molecule has 1 N–H and O–H groups in total. The Labute approximate surface area is 153 Å². The van der Waals surface area contributed by atoms with Gasteiger partial charge in [0.25, 0.3) is 0 Å². The zero-order valence-electron chi connectivity index (χ0n) is 16.5. The second-order valence-electron chi connectivity index (χ2n) is 8.01. The van der Waals surface area contributed by atoms with Gasteiger partial charge in [0, 0.05) is 11.5 Å². The summed E-state index contributed by atoms with van der Waals surface area (Å²) in [6.07, 6.45) is -1.43. The van der Waals surface area contributed by atoms with Crippen molar-refractivity contribution in [1.29, 1.82) is 0 Å². The number of methoxy groups -OCH3 is 1. The van der Waals surface area contributed by atoms with Crippen LogP contribution in [-0.4, -0.2) is 32.6 Å². The number of aliphatic hydroxyl groups is 1. The van der Waals surface area contributed by atoms with Gasteiger partial charge in [-0.05, 0) is 23.7 Å². The summed E-state index contributed by atoms with van der Waals surface area (Å²) in [5.74, 6) is -0.992. The average molecular weight is 365 g/mol. The summed E-state index contributed by atoms with van der Waals surface area (Å²) in [4.78, 5) is 11.8. The molecule has 0 saturated heterocycles. The van der Waals surface area contributed by atoms with Gasteiger partial charge in [-0.3, -0.25) is 0 Å². The lowest BCUT2D eigenvalue weighted by molar-refractivity contribution is -0.137. The van der Waals surface area contributed by atoms with Gasteiger partial charge in [-0.2, -0.15) is 0 Å². The third-order valence-electron chi connectivity index (χ3n) is 5.18. The van der Waals surface area contributed by atoms with Crippen LogP contribution in [0.1, 0.15) is 39.4 Å². The van der Waals surface area contributed by atoms with Gasteiger partial charge in [0.1, 0.15) is 0 Å². The lowest BCUT2D eigenvalue weighted by Crippen LogP contribution is -2.45. The van der Waals surface area contributed by atoms with E-state index in [-0.39, 0.29) is 10.6 Å². The van der Waals surface area contributed by atoms with E-state index in [9.17, 15) is 9.90 Å². The molecule has 1 rings (SSSR count). The molecule has 0 fully saturated rings. The monoisotopic (exact) mass is 364 g/mol. The highest BCUT2D eigenvalue weighted by Crippen LogP contribution is 2.41. The molecule has 1 aromatic rings. The van der Waals surface area contributed by atoms with Crippen LogP contribution in [0.25, 0.3) is 0 Å². The maximum Gasteiger partial charge on any atom is 0.333 e. The molecule has 0 aliphatic heterocycles. The van der Waals surface area contributed by atoms with E-state index in [1.807, 2.05) is 30.3 Å². The first-order valence-corrected chi connectivity index (χ1v) is 11.5. The van der Waals surface area contributed by atoms with Gasteiger partial charge in [0.05, 0.1) is 19.3 Å². The molecule has 0 radical (unpaired) electrons. The van der Waals surface area contributed by atoms with Crippen molar-refractivity contribution in [3.8, 4) is 0 Å². The molecule has 140 valence electrons. The average Bonchev–Trinajstić information content (AvgIpc) is 2.56. The summed E-state index contributed by atoms with van der Waals surface area (Å²) < 4.78 is 11.3. The maximum atomic E-state index is 11.8. The number of hydrogen-bond acceptors (Lipinski definition) is 4. The highest BCUT2D eigenvalue weighted by Gasteiger charge is 2.42. The van der Waals surface area contributed by atoms with Crippen LogP contribution in [0.15, 0.2) is 42.5 Å². The Kier molecular flexibility index (Phi) is 7.17. The van der Waals surface area contributed by atoms with Crippen LogP contribution in [0, 0.1) is 5.92 Å². The van der Waals surface area contributed by atoms with Crippen molar-refractivity contribution in [2.45, 2.75) is 58.0 Å². The number of ether oxygens (including phenoxy) is 1. The molecule has 0 amide bonds. The Balaban J connectivity index is 3.20. The van der Waals surface area contributed by atoms with Gasteiger partial charge in [-0.25, -0.2) is 4.79 Å². The Bertz CT molecular complexity index is 589. The molecule has 0 bridgehead atoms. The molecular formula is C20H32O4Si. The van der Waals surface area contributed by atoms with Gasteiger partial charge >= 0.3 is 5.97 Å². The first kappa shape index (κ1) is 21.6. The van der Waals surface area contributed by atoms with Crippen molar-refractivity contribution in [3.63, 3.8) is 0 Å². The van der Waals surface area contributed by atoms with Crippen LogP contribution in [0.3, 0.4) is 0 Å². The van der Waals surface area contributed by atoms with Crippen LogP contribution in [-0.2, 0) is 14.0 Å². The third kappa shape index (κ3) is 5.27. The predicted molar refractivity (Wildman–Crippen MR) is 104 cm³/mol. The summed E-state index contributed by atoms with van der Waals surface area (Å²) in [7, 11) is -0.823. The molecule has 5 heteroatoms. The zero-order chi connectivity index (χ0) is 19.4. The normalized spacial score (nSPS) is 16.0. The Hall–Kier alpha value is -1.43. The van der Waals surface area contributed by atoms with Crippen LogP contribution in [0.4, 0.5) is 0 Å². The Morgan fingerprint density at radius 2 is 1.72 bits per heavy atom. The van der Waals surface area contributed by atoms with Crippen LogP contribution in [0.5, 0.6) is 0 Å². The first-order chi connectivity index (χ1) is 11.4. The Morgan fingerprint density at radius 1 is 1.20 bits per heavy atom. The number of carbonyl (C=O) groups excluding carboxylic acids is 1. The molecular weight excluding hydrogens is 332 g/mol. The van der Waals surface area contributed by atoms with E-state index in [0.29, 0.717) is 0 Å². The molecule has 25 heavy (non-hydrogen) atoms. The number of rotatable bonds is 7. The molecule has 3 atom stereocenters. The van der Waals surface area contributed by atoms with E-state index in [0.717, 1.165) is 5.56 Å². The van der Waals surface area contributed by atoms with Gasteiger partial charge in [0.2, 0.25) is 0 Å². The maximum absolute atomic E-state index is 11.8. The smallest absolute Gasteiger partial charge is 0.333 e.